The molecule has 1 aromatic heterocycles. The first-order chi connectivity index (χ1) is 12.7. The second-order valence-electron chi connectivity index (χ2n) is 5.27. The van der Waals surface area contributed by atoms with Gasteiger partial charge in [-0.25, -0.2) is 4.68 Å². The lowest BCUT2D eigenvalue weighted by molar-refractivity contribution is 0.402. The molecule has 2 aromatic carbocycles. The Morgan fingerprint density at radius 2 is 1.92 bits per heavy atom. The number of methoxy groups -OCH3 is 2. The van der Waals surface area contributed by atoms with Gasteiger partial charge in [0, 0.05) is 28.0 Å². The highest BCUT2D eigenvalue weighted by Crippen LogP contribution is 2.28. The molecule has 0 saturated carbocycles. The monoisotopic (exact) mass is 431 g/mol. The number of thiazole rings is 1. The van der Waals surface area contributed by atoms with Crippen LogP contribution in [-0.2, 0) is 0 Å². The molecule has 5 nitrogen and oxygen atoms in total. The lowest BCUT2D eigenvalue weighted by Crippen LogP contribution is -2.11. The topological polar surface area (TPSA) is 48.1 Å². The highest BCUT2D eigenvalue weighted by molar-refractivity contribution is 9.10. The summed E-state index contributed by atoms with van der Waals surface area (Å²) in [6.45, 7) is 0. The molecule has 0 N–H and O–H groups in total. The zero-order chi connectivity index (χ0) is 18.5. The second kappa shape index (κ2) is 8.33. The van der Waals surface area contributed by atoms with Gasteiger partial charge >= 0.3 is 0 Å². The van der Waals surface area contributed by atoms with Crippen LogP contribution in [0, 0.1) is 0 Å². The lowest BCUT2D eigenvalue weighted by atomic mass is 10.2. The van der Waals surface area contributed by atoms with Crippen molar-refractivity contribution < 1.29 is 9.47 Å². The maximum absolute atomic E-state index is 5.42. The summed E-state index contributed by atoms with van der Waals surface area (Å²) in [7, 11) is 5.03. The van der Waals surface area contributed by atoms with Crippen LogP contribution in [0.15, 0.2) is 62.4 Å². The second-order valence-corrected chi connectivity index (χ2v) is 6.96. The smallest absolute Gasteiger partial charge is 0.205 e. The molecule has 0 amide bonds. The van der Waals surface area contributed by atoms with Crippen LogP contribution in [0.5, 0.6) is 11.5 Å². The summed E-state index contributed by atoms with van der Waals surface area (Å²) in [6, 6.07) is 13.6. The third-order valence-corrected chi connectivity index (χ3v) is 5.37. The average Bonchev–Trinajstić information content (AvgIpc) is 3.09. The van der Waals surface area contributed by atoms with Crippen LogP contribution < -0.4 is 14.3 Å². The lowest BCUT2D eigenvalue weighted by Gasteiger charge is -2.08. The van der Waals surface area contributed by atoms with E-state index in [0.717, 1.165) is 37.6 Å². The van der Waals surface area contributed by atoms with Crippen LogP contribution in [0.2, 0.25) is 0 Å². The maximum atomic E-state index is 5.42. The highest BCUT2D eigenvalue weighted by Gasteiger charge is 2.10. The maximum Gasteiger partial charge on any atom is 0.205 e. The van der Waals surface area contributed by atoms with E-state index in [2.05, 4.69) is 26.0 Å². The van der Waals surface area contributed by atoms with Crippen molar-refractivity contribution >= 4 is 33.5 Å². The number of nitrogens with zero attached hydrogens (tertiary/aromatic N) is 3. The predicted molar refractivity (Wildman–Crippen MR) is 109 cm³/mol. The van der Waals surface area contributed by atoms with Gasteiger partial charge in [-0.2, -0.15) is 5.10 Å². The zero-order valence-electron chi connectivity index (χ0n) is 14.6. The minimum Gasteiger partial charge on any atom is -0.497 e. The number of rotatable bonds is 5. The summed E-state index contributed by atoms with van der Waals surface area (Å²) in [6.07, 6.45) is 1.75. The van der Waals surface area contributed by atoms with E-state index in [1.54, 1.807) is 27.5 Å². The number of ether oxygens (including phenoxy) is 2. The molecule has 0 aliphatic carbocycles. The molecule has 3 aromatic rings. The summed E-state index contributed by atoms with van der Waals surface area (Å²) < 4.78 is 13.5. The van der Waals surface area contributed by atoms with Gasteiger partial charge in [-0.1, -0.05) is 34.1 Å². The van der Waals surface area contributed by atoms with Crippen LogP contribution >= 0.6 is 27.3 Å². The van der Waals surface area contributed by atoms with Crippen molar-refractivity contribution in [3.8, 4) is 22.8 Å². The Labute approximate surface area is 164 Å². The normalized spacial score (nSPS) is 11.9. The first kappa shape index (κ1) is 18.4. The first-order valence-corrected chi connectivity index (χ1v) is 9.50. The van der Waals surface area contributed by atoms with Gasteiger partial charge in [-0.05, 0) is 24.3 Å². The van der Waals surface area contributed by atoms with Crippen LogP contribution in [0.4, 0.5) is 0 Å². The minimum atomic E-state index is 0.725. The van der Waals surface area contributed by atoms with Crippen molar-refractivity contribution in [2.45, 2.75) is 0 Å². The molecule has 26 heavy (non-hydrogen) atoms. The quantitative estimate of drug-likeness (QED) is 0.561. The summed E-state index contributed by atoms with van der Waals surface area (Å²) in [5.74, 6) is 1.47. The van der Waals surface area contributed by atoms with E-state index in [1.807, 2.05) is 52.5 Å². The van der Waals surface area contributed by atoms with E-state index in [4.69, 9.17) is 9.47 Å². The van der Waals surface area contributed by atoms with Crippen molar-refractivity contribution in [1.29, 1.82) is 0 Å². The van der Waals surface area contributed by atoms with E-state index in [-0.39, 0.29) is 0 Å². The minimum absolute atomic E-state index is 0.725. The Kier molecular flexibility index (Phi) is 5.90. The average molecular weight is 432 g/mol. The number of benzene rings is 2. The van der Waals surface area contributed by atoms with Crippen LogP contribution in [0.25, 0.3) is 11.3 Å². The van der Waals surface area contributed by atoms with Gasteiger partial charge in [0.2, 0.25) is 4.80 Å². The molecule has 0 unspecified atom stereocenters. The van der Waals surface area contributed by atoms with Crippen molar-refractivity contribution in [2.75, 3.05) is 21.3 Å². The molecular weight excluding hydrogens is 414 g/mol. The van der Waals surface area contributed by atoms with E-state index < -0.39 is 0 Å². The molecule has 7 heteroatoms. The highest BCUT2D eigenvalue weighted by atomic mass is 79.9. The van der Waals surface area contributed by atoms with Gasteiger partial charge < -0.3 is 9.47 Å². The Bertz CT molecular complexity index is 1010. The van der Waals surface area contributed by atoms with Crippen molar-refractivity contribution in [3.63, 3.8) is 0 Å². The predicted octanol–water partition coefficient (Wildman–Crippen LogP) is 4.41. The standard InChI is InChI=1S/C19H18BrN3O2S/c1-21-19-23(17(12-26-19)15-6-4-5-7-16(15)20)22-11-13-10-14(24-2)8-9-18(13)25-3/h4-12H,1-3H3. The zero-order valence-corrected chi connectivity index (χ0v) is 17.0. The van der Waals surface area contributed by atoms with Crippen LogP contribution in [0.1, 0.15) is 5.56 Å². The molecule has 0 radical (unpaired) electrons. The fraction of sp³-hybridized carbons (Fsp3) is 0.158. The largest absolute Gasteiger partial charge is 0.497 e. The molecule has 0 spiro atoms. The molecule has 3 rings (SSSR count). The van der Waals surface area contributed by atoms with Crippen molar-refractivity contribution in [1.82, 2.24) is 4.68 Å². The Hall–Kier alpha value is -2.38. The molecule has 0 atom stereocenters. The molecule has 1 heterocycles. The number of halogens is 1. The molecule has 134 valence electrons. The SMILES string of the molecule is CN=c1scc(-c2ccccc2Br)n1N=Cc1cc(OC)ccc1OC. The number of hydrogen-bond acceptors (Lipinski definition) is 5. The fourth-order valence-corrected chi connectivity index (χ4v) is 3.76. The van der Waals surface area contributed by atoms with Crippen LogP contribution in [0.3, 0.4) is 0 Å². The van der Waals surface area contributed by atoms with Gasteiger partial charge in [0.1, 0.15) is 11.5 Å². The van der Waals surface area contributed by atoms with Gasteiger partial charge in [0.05, 0.1) is 26.1 Å². The Morgan fingerprint density at radius 1 is 1.12 bits per heavy atom. The van der Waals surface area contributed by atoms with E-state index in [1.165, 1.54) is 11.3 Å². The first-order valence-electron chi connectivity index (χ1n) is 7.82. The van der Waals surface area contributed by atoms with E-state index in [0.29, 0.717) is 0 Å². The van der Waals surface area contributed by atoms with Gasteiger partial charge in [0.25, 0.3) is 0 Å². The Balaban J connectivity index is 2.10. The van der Waals surface area contributed by atoms with E-state index >= 15 is 0 Å². The Morgan fingerprint density at radius 3 is 2.62 bits per heavy atom. The number of aromatic nitrogens is 1. The third kappa shape index (κ3) is 3.73. The van der Waals surface area contributed by atoms with E-state index in [9.17, 15) is 0 Å². The van der Waals surface area contributed by atoms with Gasteiger partial charge in [-0.15, -0.1) is 11.3 Å². The molecule has 0 aliphatic rings. The third-order valence-electron chi connectivity index (χ3n) is 3.78. The summed E-state index contributed by atoms with van der Waals surface area (Å²) in [5, 5.41) is 6.70. The molecule has 0 bridgehead atoms. The molecule has 0 fully saturated rings. The van der Waals surface area contributed by atoms with Gasteiger partial charge in [-0.3, -0.25) is 4.99 Å². The summed E-state index contributed by atoms with van der Waals surface area (Å²) in [5.41, 5.74) is 2.83. The summed E-state index contributed by atoms with van der Waals surface area (Å²) in [4.78, 5) is 5.13. The molecular formula is C19H18BrN3O2S. The van der Waals surface area contributed by atoms with Gasteiger partial charge in [0.15, 0.2) is 0 Å². The van der Waals surface area contributed by atoms with Crippen molar-refractivity contribution in [3.05, 3.63) is 62.7 Å². The number of hydrogen-bond donors (Lipinski definition) is 0. The molecule has 0 aliphatic heterocycles. The fourth-order valence-electron chi connectivity index (χ4n) is 2.48. The molecule has 0 saturated heterocycles. The summed E-state index contributed by atoms with van der Waals surface area (Å²) >= 11 is 5.15. The van der Waals surface area contributed by atoms with Crippen LogP contribution in [-0.4, -0.2) is 32.2 Å². The van der Waals surface area contributed by atoms with Crippen molar-refractivity contribution in [2.24, 2.45) is 10.1 Å².